The molecular formula is C14H14N4O. The maximum atomic E-state index is 9.71. The minimum absolute atomic E-state index is 0.108. The second-order valence-corrected chi connectivity index (χ2v) is 4.30. The normalized spacial score (nSPS) is 12.7. The van der Waals surface area contributed by atoms with Gasteiger partial charge in [-0.3, -0.25) is 0 Å². The van der Waals surface area contributed by atoms with Crippen molar-refractivity contribution in [2.75, 3.05) is 6.54 Å². The molecule has 0 amide bonds. The van der Waals surface area contributed by atoms with Crippen LogP contribution in [-0.2, 0) is 0 Å². The fourth-order valence-corrected chi connectivity index (χ4v) is 2.07. The van der Waals surface area contributed by atoms with Gasteiger partial charge in [-0.1, -0.05) is 18.2 Å². The van der Waals surface area contributed by atoms with E-state index in [1.807, 2.05) is 36.5 Å². The van der Waals surface area contributed by atoms with Crippen LogP contribution in [0.4, 0.5) is 0 Å². The largest absolute Gasteiger partial charge is 0.384 e. The van der Waals surface area contributed by atoms with Crippen molar-refractivity contribution in [3.63, 3.8) is 0 Å². The van der Waals surface area contributed by atoms with Gasteiger partial charge < -0.3 is 15.8 Å². The van der Waals surface area contributed by atoms with Crippen LogP contribution in [0.25, 0.3) is 22.2 Å². The van der Waals surface area contributed by atoms with Gasteiger partial charge in [0.15, 0.2) is 5.82 Å². The molecule has 0 spiro atoms. The molecule has 2 heterocycles. The van der Waals surface area contributed by atoms with Crippen molar-refractivity contribution in [3.05, 3.63) is 48.5 Å². The Morgan fingerprint density at radius 2 is 2.11 bits per heavy atom. The Bertz CT molecular complexity index is 707. The van der Waals surface area contributed by atoms with Crippen LogP contribution in [0, 0.1) is 0 Å². The van der Waals surface area contributed by atoms with Crippen molar-refractivity contribution in [2.24, 2.45) is 5.73 Å². The zero-order valence-corrected chi connectivity index (χ0v) is 10.2. The number of para-hydroxylation sites is 1. The summed E-state index contributed by atoms with van der Waals surface area (Å²) in [4.78, 5) is 11.6. The molecule has 3 aromatic rings. The molecule has 2 aromatic heterocycles. The standard InChI is InChI=1S/C14H14N4O/c15-7-13(19)14-16-6-5-12(18-14)10-8-17-11-4-2-1-3-9(10)11/h1-6,8,13,17,19H,7,15H2. The van der Waals surface area contributed by atoms with E-state index in [4.69, 9.17) is 5.73 Å². The number of benzene rings is 1. The van der Waals surface area contributed by atoms with Crippen LogP contribution >= 0.6 is 0 Å². The number of hydrogen-bond acceptors (Lipinski definition) is 4. The van der Waals surface area contributed by atoms with E-state index < -0.39 is 6.10 Å². The quantitative estimate of drug-likeness (QED) is 0.662. The molecule has 0 aliphatic heterocycles. The number of aliphatic hydroxyl groups is 1. The Labute approximate surface area is 110 Å². The molecule has 1 atom stereocenters. The van der Waals surface area contributed by atoms with Crippen molar-refractivity contribution < 1.29 is 5.11 Å². The molecule has 96 valence electrons. The molecular weight excluding hydrogens is 240 g/mol. The van der Waals surface area contributed by atoms with Crippen LogP contribution in [0.3, 0.4) is 0 Å². The number of aromatic amines is 1. The monoisotopic (exact) mass is 254 g/mol. The second-order valence-electron chi connectivity index (χ2n) is 4.30. The Kier molecular flexibility index (Phi) is 2.98. The lowest BCUT2D eigenvalue weighted by Gasteiger charge is -2.07. The fourth-order valence-electron chi connectivity index (χ4n) is 2.07. The number of nitrogens with two attached hydrogens (primary N) is 1. The van der Waals surface area contributed by atoms with E-state index in [2.05, 4.69) is 15.0 Å². The first kappa shape index (κ1) is 11.8. The molecule has 0 aliphatic rings. The van der Waals surface area contributed by atoms with Crippen molar-refractivity contribution in [2.45, 2.75) is 6.10 Å². The fraction of sp³-hybridized carbons (Fsp3) is 0.143. The maximum absolute atomic E-state index is 9.71. The first-order valence-corrected chi connectivity index (χ1v) is 6.07. The van der Waals surface area contributed by atoms with Crippen LogP contribution in [0.5, 0.6) is 0 Å². The zero-order chi connectivity index (χ0) is 13.2. The summed E-state index contributed by atoms with van der Waals surface area (Å²) in [6.07, 6.45) is 2.72. The third-order valence-corrected chi connectivity index (χ3v) is 3.06. The summed E-state index contributed by atoms with van der Waals surface area (Å²) in [6, 6.07) is 9.82. The van der Waals surface area contributed by atoms with Crippen molar-refractivity contribution in [1.82, 2.24) is 15.0 Å². The third-order valence-electron chi connectivity index (χ3n) is 3.06. The van der Waals surface area contributed by atoms with Gasteiger partial charge in [0, 0.05) is 35.4 Å². The van der Waals surface area contributed by atoms with Gasteiger partial charge in [-0.05, 0) is 12.1 Å². The van der Waals surface area contributed by atoms with Gasteiger partial charge in [0.2, 0.25) is 0 Å². The molecule has 4 N–H and O–H groups in total. The Hall–Kier alpha value is -2.24. The summed E-state index contributed by atoms with van der Waals surface area (Å²) < 4.78 is 0. The molecule has 0 radical (unpaired) electrons. The predicted octanol–water partition coefficient (Wildman–Crippen LogP) is 1.62. The first-order chi connectivity index (χ1) is 9.29. The van der Waals surface area contributed by atoms with E-state index in [0.717, 1.165) is 22.2 Å². The SMILES string of the molecule is NCC(O)c1nccc(-c2c[nH]c3ccccc23)n1. The van der Waals surface area contributed by atoms with Gasteiger partial charge in [0.25, 0.3) is 0 Å². The summed E-state index contributed by atoms with van der Waals surface area (Å²) >= 11 is 0. The summed E-state index contributed by atoms with van der Waals surface area (Å²) in [5.41, 5.74) is 8.24. The molecule has 19 heavy (non-hydrogen) atoms. The van der Waals surface area contributed by atoms with Crippen molar-refractivity contribution >= 4 is 10.9 Å². The lowest BCUT2D eigenvalue weighted by atomic mass is 10.1. The maximum Gasteiger partial charge on any atom is 0.158 e. The summed E-state index contributed by atoms with van der Waals surface area (Å²) in [6.45, 7) is 0.108. The van der Waals surface area contributed by atoms with E-state index >= 15 is 0 Å². The van der Waals surface area contributed by atoms with Crippen LogP contribution < -0.4 is 5.73 Å². The second kappa shape index (κ2) is 4.79. The number of H-pyrrole nitrogens is 1. The molecule has 0 fully saturated rings. The Morgan fingerprint density at radius 3 is 2.95 bits per heavy atom. The van der Waals surface area contributed by atoms with E-state index in [1.54, 1.807) is 6.20 Å². The van der Waals surface area contributed by atoms with Crippen LogP contribution in [-0.4, -0.2) is 26.6 Å². The van der Waals surface area contributed by atoms with Gasteiger partial charge in [0.1, 0.15) is 6.10 Å². The highest BCUT2D eigenvalue weighted by Gasteiger charge is 2.12. The van der Waals surface area contributed by atoms with Crippen molar-refractivity contribution in [1.29, 1.82) is 0 Å². The molecule has 0 bridgehead atoms. The number of aromatic nitrogens is 3. The first-order valence-electron chi connectivity index (χ1n) is 6.07. The number of hydrogen-bond donors (Lipinski definition) is 3. The topological polar surface area (TPSA) is 87.8 Å². The molecule has 1 unspecified atom stereocenters. The van der Waals surface area contributed by atoms with Gasteiger partial charge in [-0.25, -0.2) is 9.97 Å². The minimum Gasteiger partial charge on any atom is -0.384 e. The molecule has 3 rings (SSSR count). The average Bonchev–Trinajstić information content (AvgIpc) is 2.90. The summed E-state index contributed by atoms with van der Waals surface area (Å²) in [5.74, 6) is 0.352. The highest BCUT2D eigenvalue weighted by molar-refractivity contribution is 5.94. The smallest absolute Gasteiger partial charge is 0.158 e. The molecule has 5 nitrogen and oxygen atoms in total. The molecule has 0 saturated carbocycles. The van der Waals surface area contributed by atoms with E-state index in [1.165, 1.54) is 0 Å². The zero-order valence-electron chi connectivity index (χ0n) is 10.2. The van der Waals surface area contributed by atoms with Crippen LogP contribution in [0.1, 0.15) is 11.9 Å². The molecule has 0 saturated heterocycles. The highest BCUT2D eigenvalue weighted by Crippen LogP contribution is 2.27. The lowest BCUT2D eigenvalue weighted by molar-refractivity contribution is 0.176. The molecule has 5 heteroatoms. The van der Waals surface area contributed by atoms with E-state index in [-0.39, 0.29) is 6.54 Å². The third kappa shape index (κ3) is 2.09. The summed E-state index contributed by atoms with van der Waals surface area (Å²) in [7, 11) is 0. The molecule has 1 aromatic carbocycles. The molecule has 0 aliphatic carbocycles. The van der Waals surface area contributed by atoms with E-state index in [9.17, 15) is 5.11 Å². The van der Waals surface area contributed by atoms with E-state index in [0.29, 0.717) is 5.82 Å². The van der Waals surface area contributed by atoms with Crippen LogP contribution in [0.15, 0.2) is 42.7 Å². The number of nitrogens with one attached hydrogen (secondary N) is 1. The van der Waals surface area contributed by atoms with Gasteiger partial charge in [-0.2, -0.15) is 0 Å². The predicted molar refractivity (Wildman–Crippen MR) is 73.3 cm³/mol. The van der Waals surface area contributed by atoms with Gasteiger partial charge in [0.05, 0.1) is 5.69 Å². The Morgan fingerprint density at radius 1 is 1.26 bits per heavy atom. The Balaban J connectivity index is 2.11. The summed E-state index contributed by atoms with van der Waals surface area (Å²) in [5, 5.41) is 10.8. The van der Waals surface area contributed by atoms with Gasteiger partial charge in [-0.15, -0.1) is 0 Å². The number of aliphatic hydroxyl groups excluding tert-OH is 1. The number of fused-ring (bicyclic) bond motifs is 1. The lowest BCUT2D eigenvalue weighted by Crippen LogP contribution is -2.14. The van der Waals surface area contributed by atoms with Crippen molar-refractivity contribution in [3.8, 4) is 11.3 Å². The average molecular weight is 254 g/mol. The highest BCUT2D eigenvalue weighted by atomic mass is 16.3. The minimum atomic E-state index is -0.829. The van der Waals surface area contributed by atoms with Crippen LogP contribution in [0.2, 0.25) is 0 Å². The van der Waals surface area contributed by atoms with Gasteiger partial charge >= 0.3 is 0 Å². The number of nitrogens with zero attached hydrogens (tertiary/aromatic N) is 2. The number of rotatable bonds is 3.